The molecule has 1 atom stereocenters. The third kappa shape index (κ3) is 3.46. The van der Waals surface area contributed by atoms with Gasteiger partial charge in [-0.3, -0.25) is 0 Å². The molecule has 1 aliphatic carbocycles. The fraction of sp³-hybridized carbons (Fsp3) is 1.00. The monoisotopic (exact) mass is 214 g/mol. The number of ether oxygens (including phenoxy) is 1. The molecule has 1 aliphatic rings. The van der Waals surface area contributed by atoms with E-state index in [1.54, 1.807) is 7.11 Å². The van der Waals surface area contributed by atoms with E-state index in [9.17, 15) is 5.11 Å². The van der Waals surface area contributed by atoms with Gasteiger partial charge in [-0.2, -0.15) is 0 Å². The Morgan fingerprint density at radius 2 is 1.73 bits per heavy atom. The normalized spacial score (nSPS) is 23.0. The van der Waals surface area contributed by atoms with Crippen molar-refractivity contribution < 1.29 is 9.84 Å². The van der Waals surface area contributed by atoms with Crippen molar-refractivity contribution in [3.8, 4) is 0 Å². The average Bonchev–Trinajstić information content (AvgIpc) is 2.26. The first-order valence-electron chi connectivity index (χ1n) is 6.34. The van der Waals surface area contributed by atoms with E-state index in [0.29, 0.717) is 5.92 Å². The van der Waals surface area contributed by atoms with Gasteiger partial charge >= 0.3 is 0 Å². The largest absolute Gasteiger partial charge is 0.390 e. The minimum absolute atomic E-state index is 0.229. The molecule has 2 heteroatoms. The topological polar surface area (TPSA) is 29.5 Å². The number of hydrogen-bond acceptors (Lipinski definition) is 2. The molecule has 0 aliphatic heterocycles. The lowest BCUT2D eigenvalue weighted by molar-refractivity contribution is -0.126. The fourth-order valence-corrected chi connectivity index (χ4v) is 2.58. The molecule has 0 aromatic heterocycles. The molecule has 0 aromatic carbocycles. The minimum Gasteiger partial charge on any atom is -0.390 e. The average molecular weight is 214 g/mol. The molecule has 1 fully saturated rings. The zero-order valence-electron chi connectivity index (χ0n) is 10.5. The number of methoxy groups -OCH3 is 1. The van der Waals surface area contributed by atoms with Gasteiger partial charge in [0.15, 0.2) is 0 Å². The van der Waals surface area contributed by atoms with Gasteiger partial charge in [0, 0.05) is 7.11 Å². The standard InChI is InChI=1S/C13H26O2/c1-11(2)7-8-12(14)13(15-3)9-5-4-6-10-13/h11-12,14H,4-10H2,1-3H3. The van der Waals surface area contributed by atoms with Crippen LogP contribution < -0.4 is 0 Å². The van der Waals surface area contributed by atoms with Gasteiger partial charge in [0.2, 0.25) is 0 Å². The maximum atomic E-state index is 10.2. The van der Waals surface area contributed by atoms with Crippen LogP contribution in [0.3, 0.4) is 0 Å². The van der Waals surface area contributed by atoms with Crippen LogP contribution in [-0.2, 0) is 4.74 Å². The van der Waals surface area contributed by atoms with Gasteiger partial charge in [-0.1, -0.05) is 33.1 Å². The zero-order chi connectivity index (χ0) is 11.3. The SMILES string of the molecule is COC1(C(O)CCC(C)C)CCCCC1. The van der Waals surface area contributed by atoms with Crippen LogP contribution in [0.4, 0.5) is 0 Å². The molecule has 0 saturated heterocycles. The molecule has 15 heavy (non-hydrogen) atoms. The van der Waals surface area contributed by atoms with Crippen molar-refractivity contribution in [2.75, 3.05) is 7.11 Å². The van der Waals surface area contributed by atoms with E-state index >= 15 is 0 Å². The highest BCUT2D eigenvalue weighted by Crippen LogP contribution is 2.35. The van der Waals surface area contributed by atoms with Crippen LogP contribution in [-0.4, -0.2) is 23.9 Å². The molecule has 2 nitrogen and oxygen atoms in total. The number of aliphatic hydroxyl groups excluding tert-OH is 1. The van der Waals surface area contributed by atoms with Gasteiger partial charge in [0.1, 0.15) is 0 Å². The molecule has 0 radical (unpaired) electrons. The molecule has 0 spiro atoms. The maximum absolute atomic E-state index is 10.2. The van der Waals surface area contributed by atoms with E-state index in [1.165, 1.54) is 19.3 Å². The van der Waals surface area contributed by atoms with E-state index in [4.69, 9.17) is 4.74 Å². The second-order valence-electron chi connectivity index (χ2n) is 5.32. The zero-order valence-corrected chi connectivity index (χ0v) is 10.5. The third-order valence-electron chi connectivity index (χ3n) is 3.73. The van der Waals surface area contributed by atoms with E-state index in [1.807, 2.05) is 0 Å². The molecule has 0 bridgehead atoms. The molecular formula is C13H26O2. The lowest BCUT2D eigenvalue weighted by atomic mass is 9.78. The highest BCUT2D eigenvalue weighted by Gasteiger charge is 2.38. The molecule has 1 saturated carbocycles. The van der Waals surface area contributed by atoms with Gasteiger partial charge in [0.05, 0.1) is 11.7 Å². The van der Waals surface area contributed by atoms with Gasteiger partial charge in [-0.15, -0.1) is 0 Å². The first-order valence-corrected chi connectivity index (χ1v) is 6.34. The summed E-state index contributed by atoms with van der Waals surface area (Å²) in [5.41, 5.74) is -0.229. The fourth-order valence-electron chi connectivity index (χ4n) is 2.58. The second-order valence-corrected chi connectivity index (χ2v) is 5.32. The predicted molar refractivity (Wildman–Crippen MR) is 62.9 cm³/mol. The maximum Gasteiger partial charge on any atom is 0.0936 e. The van der Waals surface area contributed by atoms with Gasteiger partial charge in [-0.05, 0) is 31.6 Å². The van der Waals surface area contributed by atoms with E-state index in [2.05, 4.69) is 13.8 Å². The summed E-state index contributed by atoms with van der Waals surface area (Å²) < 4.78 is 5.62. The number of aliphatic hydroxyl groups is 1. The summed E-state index contributed by atoms with van der Waals surface area (Å²) in [4.78, 5) is 0. The van der Waals surface area contributed by atoms with Crippen molar-refractivity contribution in [2.45, 2.75) is 70.5 Å². The number of hydrogen-bond donors (Lipinski definition) is 1. The molecular weight excluding hydrogens is 188 g/mol. The van der Waals surface area contributed by atoms with Gasteiger partial charge in [0.25, 0.3) is 0 Å². The first kappa shape index (κ1) is 13.0. The smallest absolute Gasteiger partial charge is 0.0936 e. The van der Waals surface area contributed by atoms with Crippen LogP contribution in [0.25, 0.3) is 0 Å². The van der Waals surface area contributed by atoms with Gasteiger partial charge in [-0.25, -0.2) is 0 Å². The van der Waals surface area contributed by atoms with Crippen LogP contribution >= 0.6 is 0 Å². The van der Waals surface area contributed by atoms with Crippen LogP contribution in [0.15, 0.2) is 0 Å². The molecule has 1 N–H and O–H groups in total. The minimum atomic E-state index is -0.273. The summed E-state index contributed by atoms with van der Waals surface area (Å²) in [6, 6.07) is 0. The predicted octanol–water partition coefficient (Wildman–Crippen LogP) is 3.13. The van der Waals surface area contributed by atoms with Crippen molar-refractivity contribution in [3.05, 3.63) is 0 Å². The summed E-state index contributed by atoms with van der Waals surface area (Å²) in [6.45, 7) is 4.40. The highest BCUT2D eigenvalue weighted by molar-refractivity contribution is 4.90. The second kappa shape index (κ2) is 5.86. The third-order valence-corrected chi connectivity index (χ3v) is 3.73. The Kier molecular flexibility index (Phi) is 5.07. The van der Waals surface area contributed by atoms with Crippen molar-refractivity contribution >= 4 is 0 Å². The first-order chi connectivity index (χ1) is 7.10. The van der Waals surface area contributed by atoms with E-state index in [0.717, 1.165) is 25.7 Å². The van der Waals surface area contributed by atoms with E-state index < -0.39 is 0 Å². The lowest BCUT2D eigenvalue weighted by Crippen LogP contribution is -2.45. The summed E-state index contributed by atoms with van der Waals surface area (Å²) in [7, 11) is 1.75. The van der Waals surface area contributed by atoms with Crippen molar-refractivity contribution in [1.29, 1.82) is 0 Å². The molecule has 1 rings (SSSR count). The molecule has 0 aromatic rings. The molecule has 90 valence electrons. The quantitative estimate of drug-likeness (QED) is 0.762. The Bertz CT molecular complexity index is 171. The molecule has 1 unspecified atom stereocenters. The summed E-state index contributed by atoms with van der Waals surface area (Å²) in [5.74, 6) is 0.664. The van der Waals surface area contributed by atoms with Crippen LogP contribution in [0.5, 0.6) is 0 Å². The van der Waals surface area contributed by atoms with Crippen LogP contribution in [0.2, 0.25) is 0 Å². The Balaban J connectivity index is 2.48. The Morgan fingerprint density at radius 1 is 1.13 bits per heavy atom. The Morgan fingerprint density at radius 3 is 2.20 bits per heavy atom. The van der Waals surface area contributed by atoms with Gasteiger partial charge < -0.3 is 9.84 Å². The van der Waals surface area contributed by atoms with Crippen molar-refractivity contribution in [3.63, 3.8) is 0 Å². The van der Waals surface area contributed by atoms with Crippen LogP contribution in [0, 0.1) is 5.92 Å². The Labute approximate surface area is 94.0 Å². The Hall–Kier alpha value is -0.0800. The molecule has 0 amide bonds. The summed E-state index contributed by atoms with van der Waals surface area (Å²) in [5, 5.41) is 10.2. The summed E-state index contributed by atoms with van der Waals surface area (Å²) >= 11 is 0. The number of rotatable bonds is 5. The van der Waals surface area contributed by atoms with Crippen molar-refractivity contribution in [1.82, 2.24) is 0 Å². The molecule has 0 heterocycles. The summed E-state index contributed by atoms with van der Waals surface area (Å²) in [6.07, 6.45) is 7.45. The van der Waals surface area contributed by atoms with Crippen LogP contribution in [0.1, 0.15) is 58.8 Å². The lowest BCUT2D eigenvalue weighted by Gasteiger charge is -2.40. The van der Waals surface area contributed by atoms with Crippen molar-refractivity contribution in [2.24, 2.45) is 5.92 Å². The van der Waals surface area contributed by atoms with E-state index in [-0.39, 0.29) is 11.7 Å². The highest BCUT2D eigenvalue weighted by atomic mass is 16.5.